The van der Waals surface area contributed by atoms with Gasteiger partial charge >= 0.3 is 0 Å². The number of thioether (sulfide) groups is 1. The maximum atomic E-state index is 11.1. The summed E-state index contributed by atoms with van der Waals surface area (Å²) in [5.74, 6) is 1.14. The van der Waals surface area contributed by atoms with Gasteiger partial charge in [0.1, 0.15) is 0 Å². The molecular formula is C17H18ClN5O2S2. The molecule has 2 aromatic heterocycles. The van der Waals surface area contributed by atoms with Gasteiger partial charge in [-0.25, -0.2) is 13.6 Å². The van der Waals surface area contributed by atoms with Crippen molar-refractivity contribution >= 4 is 33.4 Å². The van der Waals surface area contributed by atoms with Crippen LogP contribution in [0.1, 0.15) is 12.0 Å². The summed E-state index contributed by atoms with van der Waals surface area (Å²) < 4.78 is 24.2. The summed E-state index contributed by atoms with van der Waals surface area (Å²) in [6.07, 6.45) is 3.81. The van der Waals surface area contributed by atoms with E-state index in [0.29, 0.717) is 28.2 Å². The number of rotatable bonds is 7. The second kappa shape index (κ2) is 8.39. The highest BCUT2D eigenvalue weighted by atomic mass is 35.5. The Morgan fingerprint density at radius 2 is 1.93 bits per heavy atom. The van der Waals surface area contributed by atoms with Crippen molar-refractivity contribution in [3.8, 4) is 17.1 Å². The van der Waals surface area contributed by atoms with Crippen molar-refractivity contribution in [2.45, 2.75) is 18.5 Å². The first kappa shape index (κ1) is 19.8. The standard InChI is InChI=1S/C17H18ClN5O2S2/c1-12-14(18)4-2-5-15(12)23-16(13-6-8-20-9-7-13)21-22-17(23)26-10-3-11-27(19,24)25/h2,4-9H,3,10-11H2,1H3,(H2,19,24,25). The first-order chi connectivity index (χ1) is 12.9. The molecule has 0 bridgehead atoms. The van der Waals surface area contributed by atoms with Gasteiger partial charge in [0.2, 0.25) is 10.0 Å². The summed E-state index contributed by atoms with van der Waals surface area (Å²) in [5, 5.41) is 15.0. The first-order valence-electron chi connectivity index (χ1n) is 8.11. The lowest BCUT2D eigenvalue weighted by Gasteiger charge is -2.13. The van der Waals surface area contributed by atoms with Gasteiger partial charge in [0.05, 0.1) is 11.4 Å². The molecule has 0 spiro atoms. The number of sulfonamides is 1. The third-order valence-electron chi connectivity index (χ3n) is 3.86. The average molecular weight is 424 g/mol. The number of aromatic nitrogens is 4. The molecule has 1 aromatic carbocycles. The molecule has 0 unspecified atom stereocenters. The monoisotopic (exact) mass is 423 g/mol. The van der Waals surface area contributed by atoms with Gasteiger partial charge in [0, 0.05) is 28.7 Å². The van der Waals surface area contributed by atoms with Crippen molar-refractivity contribution < 1.29 is 8.42 Å². The van der Waals surface area contributed by atoms with Crippen LogP contribution in [-0.2, 0) is 10.0 Å². The number of halogens is 1. The number of nitrogens with two attached hydrogens (primary N) is 1. The van der Waals surface area contributed by atoms with E-state index in [-0.39, 0.29) is 5.75 Å². The lowest BCUT2D eigenvalue weighted by molar-refractivity contribution is 0.596. The molecule has 2 heterocycles. The van der Waals surface area contributed by atoms with Gasteiger partial charge in [0.15, 0.2) is 11.0 Å². The normalized spacial score (nSPS) is 11.7. The van der Waals surface area contributed by atoms with Crippen LogP contribution in [0, 0.1) is 6.92 Å². The van der Waals surface area contributed by atoms with E-state index in [0.717, 1.165) is 16.8 Å². The number of nitrogens with zero attached hydrogens (tertiary/aromatic N) is 4. The molecule has 0 saturated carbocycles. The summed E-state index contributed by atoms with van der Waals surface area (Å²) in [6.45, 7) is 1.93. The molecule has 2 N–H and O–H groups in total. The molecule has 3 aromatic rings. The predicted octanol–water partition coefficient (Wildman–Crippen LogP) is 3.06. The number of hydrogen-bond acceptors (Lipinski definition) is 6. The molecule has 0 aliphatic heterocycles. The highest BCUT2D eigenvalue weighted by molar-refractivity contribution is 7.99. The summed E-state index contributed by atoms with van der Waals surface area (Å²) in [7, 11) is -3.47. The minimum absolute atomic E-state index is 0.0679. The zero-order valence-corrected chi connectivity index (χ0v) is 16.9. The lowest BCUT2D eigenvalue weighted by Crippen LogP contribution is -2.16. The predicted molar refractivity (Wildman–Crippen MR) is 108 cm³/mol. The van der Waals surface area contributed by atoms with Gasteiger partial charge in [-0.15, -0.1) is 10.2 Å². The van der Waals surface area contributed by atoms with Gasteiger partial charge in [-0.3, -0.25) is 9.55 Å². The van der Waals surface area contributed by atoms with Crippen LogP contribution < -0.4 is 5.14 Å². The van der Waals surface area contributed by atoms with Crippen molar-refractivity contribution in [3.63, 3.8) is 0 Å². The average Bonchev–Trinajstić information content (AvgIpc) is 3.05. The molecule has 0 radical (unpaired) electrons. The van der Waals surface area contributed by atoms with Crippen molar-refractivity contribution in [1.29, 1.82) is 0 Å². The highest BCUT2D eigenvalue weighted by Crippen LogP contribution is 2.31. The molecule has 142 valence electrons. The van der Waals surface area contributed by atoms with E-state index >= 15 is 0 Å². The Labute approximate surface area is 167 Å². The van der Waals surface area contributed by atoms with E-state index in [2.05, 4.69) is 15.2 Å². The van der Waals surface area contributed by atoms with E-state index in [9.17, 15) is 8.42 Å². The maximum Gasteiger partial charge on any atom is 0.209 e. The quantitative estimate of drug-likeness (QED) is 0.462. The second-order valence-corrected chi connectivity index (χ2v) is 9.03. The number of pyridine rings is 1. The largest absolute Gasteiger partial charge is 0.270 e. The van der Waals surface area contributed by atoms with Crippen LogP contribution in [0.2, 0.25) is 5.02 Å². The SMILES string of the molecule is Cc1c(Cl)cccc1-n1c(SCCCS(N)(=O)=O)nnc1-c1ccncc1. The van der Waals surface area contributed by atoms with Crippen molar-refractivity contribution in [1.82, 2.24) is 19.7 Å². The summed E-state index contributed by atoms with van der Waals surface area (Å²) >= 11 is 7.73. The molecule has 0 fully saturated rings. The van der Waals surface area contributed by atoms with Crippen molar-refractivity contribution in [3.05, 3.63) is 53.3 Å². The topological polar surface area (TPSA) is 104 Å². The Morgan fingerprint density at radius 1 is 1.19 bits per heavy atom. The molecule has 3 rings (SSSR count). The first-order valence-corrected chi connectivity index (χ1v) is 11.2. The Hall–Kier alpha value is -1.94. The molecule has 0 aliphatic carbocycles. The minimum atomic E-state index is -3.47. The number of primary sulfonamides is 1. The van der Waals surface area contributed by atoms with Gasteiger partial charge in [0.25, 0.3) is 0 Å². The van der Waals surface area contributed by atoms with Crippen LogP contribution in [-0.4, -0.2) is 39.7 Å². The number of hydrogen-bond donors (Lipinski definition) is 1. The van der Waals surface area contributed by atoms with Crippen LogP contribution in [0.3, 0.4) is 0 Å². The molecular weight excluding hydrogens is 406 g/mol. The van der Waals surface area contributed by atoms with Crippen molar-refractivity contribution in [2.75, 3.05) is 11.5 Å². The third kappa shape index (κ3) is 4.86. The van der Waals surface area contributed by atoms with E-state index in [1.165, 1.54) is 11.8 Å². The van der Waals surface area contributed by atoms with Gasteiger partial charge in [-0.1, -0.05) is 29.4 Å². The van der Waals surface area contributed by atoms with Crippen molar-refractivity contribution in [2.24, 2.45) is 5.14 Å². The fourth-order valence-electron chi connectivity index (χ4n) is 2.53. The Morgan fingerprint density at radius 3 is 2.63 bits per heavy atom. The van der Waals surface area contributed by atoms with Gasteiger partial charge in [-0.05, 0) is 43.2 Å². The second-order valence-electron chi connectivity index (χ2n) is 5.83. The Kier molecular flexibility index (Phi) is 6.15. The fourth-order valence-corrected chi connectivity index (χ4v) is 4.31. The van der Waals surface area contributed by atoms with Gasteiger partial charge in [-0.2, -0.15) is 0 Å². The minimum Gasteiger partial charge on any atom is -0.270 e. The summed E-state index contributed by atoms with van der Waals surface area (Å²) in [4.78, 5) is 4.04. The molecule has 0 saturated heterocycles. The van der Waals surface area contributed by atoms with E-state index in [1.807, 2.05) is 41.8 Å². The molecule has 0 amide bonds. The lowest BCUT2D eigenvalue weighted by atomic mass is 10.2. The van der Waals surface area contributed by atoms with Crippen LogP contribution in [0.5, 0.6) is 0 Å². The smallest absolute Gasteiger partial charge is 0.209 e. The molecule has 7 nitrogen and oxygen atoms in total. The molecule has 0 atom stereocenters. The van der Waals surface area contributed by atoms with Crippen LogP contribution in [0.4, 0.5) is 0 Å². The number of benzene rings is 1. The molecule has 0 aliphatic rings. The summed E-state index contributed by atoms with van der Waals surface area (Å²) in [5.41, 5.74) is 2.64. The van der Waals surface area contributed by atoms with E-state index in [1.54, 1.807) is 12.4 Å². The zero-order chi connectivity index (χ0) is 19.4. The molecule has 10 heteroatoms. The third-order valence-corrected chi connectivity index (χ3v) is 6.14. The maximum absolute atomic E-state index is 11.1. The fraction of sp³-hybridized carbons (Fsp3) is 0.235. The van der Waals surface area contributed by atoms with Gasteiger partial charge < -0.3 is 0 Å². The Bertz CT molecular complexity index is 1040. The Balaban J connectivity index is 1.99. The van der Waals surface area contributed by atoms with E-state index < -0.39 is 10.0 Å². The highest BCUT2D eigenvalue weighted by Gasteiger charge is 2.18. The van der Waals surface area contributed by atoms with Crippen LogP contribution in [0.15, 0.2) is 47.9 Å². The zero-order valence-electron chi connectivity index (χ0n) is 14.5. The molecule has 27 heavy (non-hydrogen) atoms. The van der Waals surface area contributed by atoms with Crippen LogP contribution >= 0.6 is 23.4 Å². The van der Waals surface area contributed by atoms with E-state index in [4.69, 9.17) is 16.7 Å². The van der Waals surface area contributed by atoms with Crippen LogP contribution in [0.25, 0.3) is 17.1 Å². The summed E-state index contributed by atoms with van der Waals surface area (Å²) in [6, 6.07) is 9.36.